The van der Waals surface area contributed by atoms with Gasteiger partial charge < -0.3 is 10.2 Å². The van der Waals surface area contributed by atoms with Crippen LogP contribution in [0.3, 0.4) is 0 Å². The minimum absolute atomic E-state index is 0.0145. The molecular formula is C14H21N5O2. The van der Waals surface area contributed by atoms with Crippen LogP contribution in [0.4, 0.5) is 17.3 Å². The van der Waals surface area contributed by atoms with E-state index < -0.39 is 0 Å². The van der Waals surface area contributed by atoms with Gasteiger partial charge in [0.15, 0.2) is 0 Å². The van der Waals surface area contributed by atoms with Crippen molar-refractivity contribution >= 4 is 17.3 Å². The number of nitrogens with one attached hydrogen (secondary N) is 1. The summed E-state index contributed by atoms with van der Waals surface area (Å²) in [5.41, 5.74) is 0.0145. The zero-order valence-electron chi connectivity index (χ0n) is 12.3. The number of anilines is 2. The van der Waals surface area contributed by atoms with E-state index in [2.05, 4.69) is 20.2 Å². The van der Waals surface area contributed by atoms with Gasteiger partial charge in [-0.25, -0.2) is 9.97 Å². The first kappa shape index (κ1) is 14.0. The summed E-state index contributed by atoms with van der Waals surface area (Å²) in [5.74, 6) is 2.13. The van der Waals surface area contributed by atoms with Crippen LogP contribution in [0.5, 0.6) is 0 Å². The second-order valence-corrected chi connectivity index (χ2v) is 5.97. The quantitative estimate of drug-likeness (QED) is 0.585. The third kappa shape index (κ3) is 3.40. The summed E-state index contributed by atoms with van der Waals surface area (Å²) in [6.45, 7) is 4.25. The van der Waals surface area contributed by atoms with Gasteiger partial charge in [-0.1, -0.05) is 0 Å². The zero-order chi connectivity index (χ0) is 14.8. The monoisotopic (exact) mass is 291 g/mol. The highest BCUT2D eigenvalue weighted by Crippen LogP contribution is 2.39. The van der Waals surface area contributed by atoms with E-state index in [0.29, 0.717) is 30.0 Å². The third-order valence-electron chi connectivity index (χ3n) is 3.98. The smallest absolute Gasteiger partial charge is 0.353 e. The van der Waals surface area contributed by atoms with Crippen LogP contribution in [0, 0.1) is 22.0 Å². The SMILES string of the molecule is CCNc1ncnc(N(CC2CC2)CC2CC2)c1[N+](=O)[O-]. The molecule has 1 aromatic heterocycles. The fraction of sp³-hybridized carbons (Fsp3) is 0.714. The molecule has 0 amide bonds. The van der Waals surface area contributed by atoms with Crippen molar-refractivity contribution in [1.29, 1.82) is 0 Å². The second-order valence-electron chi connectivity index (χ2n) is 5.97. The van der Waals surface area contributed by atoms with Gasteiger partial charge in [-0.2, -0.15) is 0 Å². The van der Waals surface area contributed by atoms with Crippen LogP contribution < -0.4 is 10.2 Å². The predicted octanol–water partition coefficient (Wildman–Crippen LogP) is 2.44. The molecular weight excluding hydrogens is 270 g/mol. The van der Waals surface area contributed by atoms with Crippen LogP contribution in [0.2, 0.25) is 0 Å². The highest BCUT2D eigenvalue weighted by Gasteiger charge is 2.34. The van der Waals surface area contributed by atoms with Gasteiger partial charge in [0.25, 0.3) is 0 Å². The summed E-state index contributed by atoms with van der Waals surface area (Å²) in [6.07, 6.45) is 6.31. The molecule has 0 aliphatic heterocycles. The van der Waals surface area contributed by atoms with E-state index in [1.54, 1.807) is 0 Å². The van der Waals surface area contributed by atoms with E-state index in [-0.39, 0.29) is 10.6 Å². The lowest BCUT2D eigenvalue weighted by Crippen LogP contribution is -2.30. The van der Waals surface area contributed by atoms with Crippen LogP contribution in [0.15, 0.2) is 6.33 Å². The Balaban J connectivity index is 1.91. The molecule has 114 valence electrons. The Morgan fingerprint density at radius 3 is 2.38 bits per heavy atom. The molecule has 0 bridgehead atoms. The van der Waals surface area contributed by atoms with Gasteiger partial charge in [0.05, 0.1) is 4.92 Å². The zero-order valence-corrected chi connectivity index (χ0v) is 12.3. The molecule has 1 heterocycles. The fourth-order valence-electron chi connectivity index (χ4n) is 2.54. The fourth-order valence-corrected chi connectivity index (χ4v) is 2.54. The molecule has 0 spiro atoms. The normalized spacial score (nSPS) is 17.6. The van der Waals surface area contributed by atoms with Crippen molar-refractivity contribution in [1.82, 2.24) is 9.97 Å². The van der Waals surface area contributed by atoms with Crippen LogP contribution in [-0.4, -0.2) is 34.5 Å². The van der Waals surface area contributed by atoms with Crippen molar-refractivity contribution in [3.8, 4) is 0 Å². The van der Waals surface area contributed by atoms with Gasteiger partial charge in [-0.15, -0.1) is 0 Å². The summed E-state index contributed by atoms with van der Waals surface area (Å²) in [7, 11) is 0. The van der Waals surface area contributed by atoms with Gasteiger partial charge in [-0.05, 0) is 44.4 Å². The van der Waals surface area contributed by atoms with Gasteiger partial charge in [0, 0.05) is 19.6 Å². The number of hydrogen-bond donors (Lipinski definition) is 1. The first-order chi connectivity index (χ1) is 10.2. The van der Waals surface area contributed by atoms with Crippen LogP contribution in [-0.2, 0) is 0 Å². The molecule has 7 nitrogen and oxygen atoms in total. The van der Waals surface area contributed by atoms with E-state index in [1.165, 1.54) is 32.0 Å². The maximum atomic E-state index is 11.5. The number of rotatable bonds is 8. The molecule has 7 heteroatoms. The Morgan fingerprint density at radius 2 is 1.90 bits per heavy atom. The minimum Gasteiger partial charge on any atom is -0.364 e. The van der Waals surface area contributed by atoms with Crippen molar-refractivity contribution in [3.63, 3.8) is 0 Å². The largest absolute Gasteiger partial charge is 0.364 e. The maximum absolute atomic E-state index is 11.5. The third-order valence-corrected chi connectivity index (χ3v) is 3.98. The van der Waals surface area contributed by atoms with Crippen LogP contribution >= 0.6 is 0 Å². The Labute approximate surface area is 123 Å². The van der Waals surface area contributed by atoms with Gasteiger partial charge in [-0.3, -0.25) is 10.1 Å². The van der Waals surface area contributed by atoms with E-state index >= 15 is 0 Å². The molecule has 0 unspecified atom stereocenters. The molecule has 2 fully saturated rings. The average Bonchev–Trinajstić information content (AvgIpc) is 3.33. The molecule has 2 aliphatic rings. The topological polar surface area (TPSA) is 84.2 Å². The Morgan fingerprint density at radius 1 is 1.29 bits per heavy atom. The highest BCUT2D eigenvalue weighted by atomic mass is 16.6. The maximum Gasteiger partial charge on any atom is 0.353 e. The summed E-state index contributed by atoms with van der Waals surface area (Å²) in [5, 5.41) is 14.5. The van der Waals surface area contributed by atoms with Crippen molar-refractivity contribution in [2.45, 2.75) is 32.6 Å². The van der Waals surface area contributed by atoms with Gasteiger partial charge in [0.1, 0.15) is 6.33 Å². The highest BCUT2D eigenvalue weighted by molar-refractivity contribution is 5.70. The average molecular weight is 291 g/mol. The molecule has 0 radical (unpaired) electrons. The summed E-state index contributed by atoms with van der Waals surface area (Å²) in [4.78, 5) is 21.5. The first-order valence-electron chi connectivity index (χ1n) is 7.67. The number of aromatic nitrogens is 2. The van der Waals surface area contributed by atoms with E-state index in [4.69, 9.17) is 0 Å². The van der Waals surface area contributed by atoms with E-state index in [0.717, 1.165) is 13.1 Å². The Bertz CT molecular complexity index is 514. The molecule has 2 saturated carbocycles. The number of nitro groups is 1. The molecule has 0 saturated heterocycles. The molecule has 0 aromatic carbocycles. The molecule has 1 N–H and O–H groups in total. The Kier molecular flexibility index (Phi) is 3.90. The van der Waals surface area contributed by atoms with Crippen LogP contribution in [0.1, 0.15) is 32.6 Å². The standard InChI is InChI=1S/C14H21N5O2/c1-2-15-13-12(19(20)21)14(17-9-16-13)18(7-10-3-4-10)8-11-5-6-11/h9-11H,2-8H2,1H3,(H,15,16,17). The lowest BCUT2D eigenvalue weighted by molar-refractivity contribution is -0.383. The lowest BCUT2D eigenvalue weighted by atomic mass is 10.3. The van der Waals surface area contributed by atoms with Crippen LogP contribution in [0.25, 0.3) is 0 Å². The summed E-state index contributed by atoms with van der Waals surface area (Å²) >= 11 is 0. The molecule has 3 rings (SSSR count). The van der Waals surface area contributed by atoms with Crippen molar-refractivity contribution in [2.24, 2.45) is 11.8 Å². The summed E-state index contributed by atoms with van der Waals surface area (Å²) < 4.78 is 0. The summed E-state index contributed by atoms with van der Waals surface area (Å²) in [6, 6.07) is 0. The molecule has 2 aliphatic carbocycles. The lowest BCUT2D eigenvalue weighted by Gasteiger charge is -2.23. The first-order valence-corrected chi connectivity index (χ1v) is 7.67. The van der Waals surface area contributed by atoms with Crippen molar-refractivity contribution in [2.75, 3.05) is 29.9 Å². The molecule has 0 atom stereocenters. The number of nitrogens with zero attached hydrogens (tertiary/aromatic N) is 4. The van der Waals surface area contributed by atoms with Gasteiger partial charge in [0.2, 0.25) is 11.6 Å². The Hall–Kier alpha value is -1.92. The minimum atomic E-state index is -0.361. The number of hydrogen-bond acceptors (Lipinski definition) is 6. The van der Waals surface area contributed by atoms with Gasteiger partial charge >= 0.3 is 5.69 Å². The molecule has 1 aromatic rings. The van der Waals surface area contributed by atoms with E-state index in [9.17, 15) is 10.1 Å². The van der Waals surface area contributed by atoms with E-state index in [1.807, 2.05) is 6.92 Å². The van der Waals surface area contributed by atoms with Crippen molar-refractivity contribution < 1.29 is 4.92 Å². The predicted molar refractivity (Wildman–Crippen MR) is 80.5 cm³/mol. The second kappa shape index (κ2) is 5.83. The molecule has 21 heavy (non-hydrogen) atoms. The van der Waals surface area contributed by atoms with Crippen molar-refractivity contribution in [3.05, 3.63) is 16.4 Å².